The molecule has 0 spiro atoms. The molecule has 3 N–H and O–H groups in total. The molecule has 0 heterocycles. The van der Waals surface area contributed by atoms with Crippen molar-refractivity contribution < 1.29 is 18.3 Å². The molecule has 4 nitrogen and oxygen atoms in total. The molecule has 0 aliphatic heterocycles. The Balaban J connectivity index is 0.00000312. The van der Waals surface area contributed by atoms with Crippen molar-refractivity contribution in [2.75, 3.05) is 6.61 Å². The van der Waals surface area contributed by atoms with Gasteiger partial charge in [-0.3, -0.25) is 4.79 Å². The highest BCUT2D eigenvalue weighted by atomic mass is 35.5. The Morgan fingerprint density at radius 1 is 1.20 bits per heavy atom. The Morgan fingerprint density at radius 3 is 2.44 bits per heavy atom. The van der Waals surface area contributed by atoms with E-state index in [1.165, 1.54) is 6.07 Å². The lowest BCUT2D eigenvalue weighted by Crippen LogP contribution is -2.42. The van der Waals surface area contributed by atoms with E-state index in [0.717, 1.165) is 17.7 Å². The third-order valence-electron chi connectivity index (χ3n) is 3.49. The molecular weight excluding hydrogens is 350 g/mol. The van der Waals surface area contributed by atoms with Crippen molar-refractivity contribution in [3.63, 3.8) is 0 Å². The standard InChI is InChI=1S/C18H20F2N2O2.ClH/c1-11-3-5-13(6-4-11)17(21)18(23)22-12(2)10-24-16-8-7-14(19)9-15(16)20;/h3-9,12,17H,10,21H2,1-2H3,(H,22,23);1H. The zero-order valence-electron chi connectivity index (χ0n) is 14.0. The van der Waals surface area contributed by atoms with Crippen LogP contribution < -0.4 is 15.8 Å². The first-order chi connectivity index (χ1) is 11.4. The van der Waals surface area contributed by atoms with Crippen molar-refractivity contribution in [3.05, 3.63) is 65.2 Å². The van der Waals surface area contributed by atoms with Gasteiger partial charge in [-0.05, 0) is 31.5 Å². The van der Waals surface area contributed by atoms with Crippen LogP contribution in [0.15, 0.2) is 42.5 Å². The lowest BCUT2D eigenvalue weighted by Gasteiger charge is -2.18. The SMILES string of the molecule is Cc1ccc(C(N)C(=O)NC(C)COc2ccc(F)cc2F)cc1.Cl. The monoisotopic (exact) mass is 370 g/mol. The van der Waals surface area contributed by atoms with Gasteiger partial charge < -0.3 is 15.8 Å². The number of halogens is 3. The number of benzene rings is 2. The van der Waals surface area contributed by atoms with Crippen molar-refractivity contribution in [2.45, 2.75) is 25.9 Å². The average molecular weight is 371 g/mol. The van der Waals surface area contributed by atoms with Gasteiger partial charge in [0.1, 0.15) is 18.5 Å². The summed E-state index contributed by atoms with van der Waals surface area (Å²) < 4.78 is 31.6. The van der Waals surface area contributed by atoms with E-state index in [1.54, 1.807) is 19.1 Å². The predicted molar refractivity (Wildman–Crippen MR) is 94.8 cm³/mol. The van der Waals surface area contributed by atoms with E-state index in [2.05, 4.69) is 5.32 Å². The van der Waals surface area contributed by atoms with Gasteiger partial charge >= 0.3 is 0 Å². The summed E-state index contributed by atoms with van der Waals surface area (Å²) in [6, 6.07) is 9.23. The van der Waals surface area contributed by atoms with Crippen LogP contribution in [0.4, 0.5) is 8.78 Å². The van der Waals surface area contributed by atoms with Crippen LogP contribution >= 0.6 is 12.4 Å². The summed E-state index contributed by atoms with van der Waals surface area (Å²) in [5.74, 6) is -1.88. The molecule has 136 valence electrons. The molecule has 0 saturated heterocycles. The van der Waals surface area contributed by atoms with Crippen molar-refractivity contribution in [3.8, 4) is 5.75 Å². The van der Waals surface area contributed by atoms with E-state index in [1.807, 2.05) is 19.1 Å². The molecule has 0 aromatic heterocycles. The Kier molecular flexibility index (Phi) is 7.80. The van der Waals surface area contributed by atoms with Crippen molar-refractivity contribution in [2.24, 2.45) is 5.73 Å². The van der Waals surface area contributed by atoms with Crippen LogP contribution in [-0.2, 0) is 4.79 Å². The number of hydrogen-bond acceptors (Lipinski definition) is 3. The summed E-state index contributed by atoms with van der Waals surface area (Å²) in [5.41, 5.74) is 7.71. The molecule has 0 aliphatic rings. The zero-order valence-corrected chi connectivity index (χ0v) is 14.8. The lowest BCUT2D eigenvalue weighted by atomic mass is 10.1. The predicted octanol–water partition coefficient (Wildman–Crippen LogP) is 3.28. The van der Waals surface area contributed by atoms with Crippen LogP contribution in [0.5, 0.6) is 5.75 Å². The Bertz CT molecular complexity index is 711. The van der Waals surface area contributed by atoms with Crippen molar-refractivity contribution >= 4 is 18.3 Å². The maximum atomic E-state index is 13.5. The molecular formula is C18H21ClF2N2O2. The zero-order chi connectivity index (χ0) is 17.7. The summed E-state index contributed by atoms with van der Waals surface area (Å²) in [7, 11) is 0. The molecule has 2 aromatic rings. The molecule has 25 heavy (non-hydrogen) atoms. The second-order valence-electron chi connectivity index (χ2n) is 5.68. The fourth-order valence-corrected chi connectivity index (χ4v) is 2.11. The summed E-state index contributed by atoms with van der Waals surface area (Å²) in [6.45, 7) is 3.69. The van der Waals surface area contributed by atoms with Crippen LogP contribution in [0.25, 0.3) is 0 Å². The first-order valence-corrected chi connectivity index (χ1v) is 7.57. The molecule has 0 radical (unpaired) electrons. The molecule has 0 aliphatic carbocycles. The van der Waals surface area contributed by atoms with Gasteiger partial charge in [-0.1, -0.05) is 29.8 Å². The number of rotatable bonds is 6. The molecule has 0 fully saturated rings. The number of hydrogen-bond donors (Lipinski definition) is 2. The fourth-order valence-electron chi connectivity index (χ4n) is 2.11. The van der Waals surface area contributed by atoms with Gasteiger partial charge in [-0.25, -0.2) is 8.78 Å². The van der Waals surface area contributed by atoms with Crippen LogP contribution in [0.1, 0.15) is 24.1 Å². The number of ether oxygens (including phenoxy) is 1. The summed E-state index contributed by atoms with van der Waals surface area (Å²) in [5, 5.41) is 2.71. The Hall–Kier alpha value is -2.18. The van der Waals surface area contributed by atoms with Crippen LogP contribution in [0.3, 0.4) is 0 Å². The minimum atomic E-state index is -0.796. The average Bonchev–Trinajstić information content (AvgIpc) is 2.54. The third-order valence-corrected chi connectivity index (χ3v) is 3.49. The van der Waals surface area contributed by atoms with Crippen LogP contribution in [0, 0.1) is 18.6 Å². The van der Waals surface area contributed by atoms with Gasteiger partial charge in [0.15, 0.2) is 11.6 Å². The summed E-state index contributed by atoms with van der Waals surface area (Å²) in [6.07, 6.45) is 0. The van der Waals surface area contributed by atoms with Gasteiger partial charge in [0, 0.05) is 6.07 Å². The van der Waals surface area contributed by atoms with Gasteiger partial charge in [0.05, 0.1) is 6.04 Å². The second-order valence-corrected chi connectivity index (χ2v) is 5.68. The Morgan fingerprint density at radius 2 is 1.84 bits per heavy atom. The van der Waals surface area contributed by atoms with Gasteiger partial charge in [0.2, 0.25) is 5.91 Å². The van der Waals surface area contributed by atoms with E-state index in [4.69, 9.17) is 10.5 Å². The van der Waals surface area contributed by atoms with E-state index in [-0.39, 0.29) is 30.7 Å². The molecule has 2 atom stereocenters. The smallest absolute Gasteiger partial charge is 0.241 e. The maximum absolute atomic E-state index is 13.5. The second kappa shape index (κ2) is 9.34. The fraction of sp³-hybridized carbons (Fsp3) is 0.278. The van der Waals surface area contributed by atoms with Gasteiger partial charge in [-0.15, -0.1) is 12.4 Å². The third kappa shape index (κ3) is 5.99. The van der Waals surface area contributed by atoms with Crippen molar-refractivity contribution in [1.82, 2.24) is 5.32 Å². The van der Waals surface area contributed by atoms with Gasteiger partial charge in [-0.2, -0.15) is 0 Å². The molecule has 0 saturated carbocycles. The summed E-state index contributed by atoms with van der Waals surface area (Å²) >= 11 is 0. The summed E-state index contributed by atoms with van der Waals surface area (Å²) in [4.78, 5) is 12.1. The maximum Gasteiger partial charge on any atom is 0.241 e. The van der Waals surface area contributed by atoms with Gasteiger partial charge in [0.25, 0.3) is 0 Å². The molecule has 1 amide bonds. The van der Waals surface area contributed by atoms with E-state index >= 15 is 0 Å². The van der Waals surface area contributed by atoms with Crippen molar-refractivity contribution in [1.29, 1.82) is 0 Å². The minimum absolute atomic E-state index is 0. The molecule has 2 rings (SSSR count). The highest BCUT2D eigenvalue weighted by Gasteiger charge is 2.18. The first kappa shape index (κ1) is 20.9. The normalized spacial score (nSPS) is 12.7. The largest absolute Gasteiger partial charge is 0.488 e. The molecule has 2 aromatic carbocycles. The van der Waals surface area contributed by atoms with Crippen LogP contribution in [-0.4, -0.2) is 18.6 Å². The number of amides is 1. The lowest BCUT2D eigenvalue weighted by molar-refractivity contribution is -0.123. The minimum Gasteiger partial charge on any atom is -0.488 e. The molecule has 0 bridgehead atoms. The highest BCUT2D eigenvalue weighted by Crippen LogP contribution is 2.18. The molecule has 2 unspecified atom stereocenters. The van der Waals surface area contributed by atoms with E-state index < -0.39 is 23.7 Å². The van der Waals surface area contributed by atoms with E-state index in [0.29, 0.717) is 5.56 Å². The number of carbonyl (C=O) groups excluding carboxylic acids is 1. The first-order valence-electron chi connectivity index (χ1n) is 7.57. The van der Waals surface area contributed by atoms with E-state index in [9.17, 15) is 13.6 Å². The Labute approximate surface area is 151 Å². The topological polar surface area (TPSA) is 64.4 Å². The molecule has 7 heteroatoms. The number of aryl methyl sites for hydroxylation is 1. The highest BCUT2D eigenvalue weighted by molar-refractivity contribution is 5.85. The van der Waals surface area contributed by atoms with Crippen LogP contribution in [0.2, 0.25) is 0 Å². The number of nitrogens with one attached hydrogen (secondary N) is 1. The quantitative estimate of drug-likeness (QED) is 0.820. The number of carbonyl (C=O) groups is 1. The number of nitrogens with two attached hydrogens (primary N) is 1.